The van der Waals surface area contributed by atoms with E-state index in [0.29, 0.717) is 18.1 Å². The molecule has 2 heterocycles. The van der Waals surface area contributed by atoms with Crippen molar-refractivity contribution in [2.24, 2.45) is 11.3 Å². The van der Waals surface area contributed by atoms with Crippen LogP contribution in [0.1, 0.15) is 73.1 Å². The highest BCUT2D eigenvalue weighted by Gasteiger charge is 2.61. The Morgan fingerprint density at radius 2 is 1.57 bits per heavy atom. The first-order valence-electron chi connectivity index (χ1n) is 9.38. The van der Waals surface area contributed by atoms with E-state index in [1.807, 2.05) is 0 Å². The summed E-state index contributed by atoms with van der Waals surface area (Å²) in [6.07, 6.45) is 6.95. The van der Waals surface area contributed by atoms with Crippen molar-refractivity contribution in [2.45, 2.75) is 103 Å². The fourth-order valence-electron chi connectivity index (χ4n) is 5.63. The van der Waals surface area contributed by atoms with Gasteiger partial charge in [0, 0.05) is 0 Å². The SMILES string of the molecule is CC(C)=C1[C@H]2CC[C@@]3(C)O[C@@H]3CC[C@@]3(C)O[C@@H]3C[C@]2(C)C[C@@H]1O. The van der Waals surface area contributed by atoms with E-state index in [-0.39, 0.29) is 22.7 Å². The Morgan fingerprint density at radius 3 is 2.26 bits per heavy atom. The van der Waals surface area contributed by atoms with Gasteiger partial charge in [-0.05, 0) is 83.1 Å². The molecule has 4 fully saturated rings. The van der Waals surface area contributed by atoms with E-state index in [1.54, 1.807) is 0 Å². The molecule has 1 N–H and O–H groups in total. The van der Waals surface area contributed by atoms with Gasteiger partial charge in [-0.1, -0.05) is 12.5 Å². The summed E-state index contributed by atoms with van der Waals surface area (Å²) in [7, 11) is 0. The van der Waals surface area contributed by atoms with Crippen LogP contribution in [0.5, 0.6) is 0 Å². The Morgan fingerprint density at radius 1 is 0.957 bits per heavy atom. The van der Waals surface area contributed by atoms with Crippen molar-refractivity contribution in [2.75, 3.05) is 0 Å². The molecule has 7 atom stereocenters. The van der Waals surface area contributed by atoms with Gasteiger partial charge in [0.05, 0.1) is 29.5 Å². The second-order valence-electron chi connectivity index (χ2n) is 9.50. The van der Waals surface area contributed by atoms with Crippen LogP contribution in [0.15, 0.2) is 11.1 Å². The number of hydrogen-bond donors (Lipinski definition) is 1. The molecule has 0 amide bonds. The first-order chi connectivity index (χ1) is 10.7. The zero-order chi connectivity index (χ0) is 16.6. The van der Waals surface area contributed by atoms with E-state index in [4.69, 9.17) is 9.47 Å². The van der Waals surface area contributed by atoms with Gasteiger partial charge in [-0.3, -0.25) is 0 Å². The fraction of sp³-hybridized carbons (Fsp3) is 0.900. The third-order valence-electron chi connectivity index (χ3n) is 7.37. The van der Waals surface area contributed by atoms with Gasteiger partial charge >= 0.3 is 0 Å². The predicted octanol–water partition coefficient (Wildman–Crippen LogP) is 3.99. The molecule has 0 unspecified atom stereocenters. The van der Waals surface area contributed by atoms with Crippen LogP contribution in [0.2, 0.25) is 0 Å². The Balaban J connectivity index is 1.66. The zero-order valence-electron chi connectivity index (χ0n) is 15.3. The molecule has 3 nitrogen and oxygen atoms in total. The molecule has 0 aromatic heterocycles. The van der Waals surface area contributed by atoms with Crippen molar-refractivity contribution in [1.29, 1.82) is 0 Å². The molecule has 4 rings (SSSR count). The molecule has 0 aromatic rings. The highest BCUT2D eigenvalue weighted by atomic mass is 16.6. The molecule has 130 valence electrons. The minimum atomic E-state index is -0.272. The minimum absolute atomic E-state index is 0.0451. The van der Waals surface area contributed by atoms with Crippen molar-refractivity contribution in [1.82, 2.24) is 0 Å². The Hall–Kier alpha value is -0.380. The van der Waals surface area contributed by atoms with E-state index in [9.17, 15) is 5.11 Å². The van der Waals surface area contributed by atoms with Crippen LogP contribution in [0, 0.1) is 11.3 Å². The summed E-state index contributed by atoms with van der Waals surface area (Å²) in [6.45, 7) is 11.2. The number of aliphatic hydroxyl groups is 1. The van der Waals surface area contributed by atoms with Gasteiger partial charge in [0.25, 0.3) is 0 Å². The Labute approximate surface area is 140 Å². The second kappa shape index (κ2) is 4.83. The van der Waals surface area contributed by atoms with E-state index < -0.39 is 0 Å². The molecule has 0 aromatic carbocycles. The topological polar surface area (TPSA) is 45.3 Å². The molecule has 0 spiro atoms. The van der Waals surface area contributed by atoms with Gasteiger partial charge in [-0.25, -0.2) is 0 Å². The van der Waals surface area contributed by atoms with Gasteiger partial charge in [0.15, 0.2) is 0 Å². The van der Waals surface area contributed by atoms with E-state index >= 15 is 0 Å². The van der Waals surface area contributed by atoms with E-state index in [1.165, 1.54) is 11.1 Å². The smallest absolute Gasteiger partial charge is 0.0921 e. The molecule has 2 saturated carbocycles. The molecule has 0 bridgehead atoms. The molecule has 3 heteroatoms. The quantitative estimate of drug-likeness (QED) is 0.542. The number of fused-ring (bicyclic) bond motifs is 3. The predicted molar refractivity (Wildman–Crippen MR) is 90.2 cm³/mol. The molecular formula is C20H32O3. The maximum Gasteiger partial charge on any atom is 0.0921 e. The lowest BCUT2D eigenvalue weighted by molar-refractivity contribution is 0.146. The molecule has 0 radical (unpaired) electrons. The summed E-state index contributed by atoms with van der Waals surface area (Å²) in [5, 5.41) is 10.7. The summed E-state index contributed by atoms with van der Waals surface area (Å²) in [5.41, 5.74) is 2.86. The Kier molecular flexibility index (Phi) is 3.38. The number of ether oxygens (including phenoxy) is 2. The maximum absolute atomic E-state index is 10.7. The van der Waals surface area contributed by atoms with Crippen molar-refractivity contribution in [3.8, 4) is 0 Å². The van der Waals surface area contributed by atoms with Crippen LogP contribution >= 0.6 is 0 Å². The number of epoxide rings is 2. The number of hydrogen-bond acceptors (Lipinski definition) is 3. The van der Waals surface area contributed by atoms with E-state index in [0.717, 1.165) is 38.5 Å². The lowest BCUT2D eigenvalue weighted by Crippen LogP contribution is -2.27. The standard InChI is InChI=1S/C20H32O3/c1-12(2)17-13-6-8-19(4)15(22-19)7-9-20(5)16(23-20)11-18(13,3)10-14(17)21/h13-16,21H,6-11H2,1-5H3/t13-,14+,15-,16-,18+,19-,20-/m1/s1. The summed E-state index contributed by atoms with van der Waals surface area (Å²) >= 11 is 0. The summed E-state index contributed by atoms with van der Waals surface area (Å²) in [5.74, 6) is 0.468. The largest absolute Gasteiger partial charge is 0.389 e. The van der Waals surface area contributed by atoms with Crippen molar-refractivity contribution in [3.05, 3.63) is 11.1 Å². The number of rotatable bonds is 0. The van der Waals surface area contributed by atoms with Crippen molar-refractivity contribution >= 4 is 0 Å². The van der Waals surface area contributed by atoms with Crippen LogP contribution in [0.3, 0.4) is 0 Å². The fourth-order valence-corrected chi connectivity index (χ4v) is 5.63. The summed E-state index contributed by atoms with van der Waals surface area (Å²) in [6, 6.07) is 0. The number of allylic oxidation sites excluding steroid dienone is 1. The molecule has 4 aliphatic rings. The summed E-state index contributed by atoms with van der Waals surface area (Å²) < 4.78 is 12.2. The zero-order valence-corrected chi connectivity index (χ0v) is 15.3. The van der Waals surface area contributed by atoms with Gasteiger partial charge in [0.2, 0.25) is 0 Å². The average Bonchev–Trinajstić information content (AvgIpc) is 3.24. The maximum atomic E-state index is 10.7. The van der Waals surface area contributed by atoms with Crippen molar-refractivity contribution < 1.29 is 14.6 Å². The average molecular weight is 320 g/mol. The number of aliphatic hydroxyl groups excluding tert-OH is 1. The van der Waals surface area contributed by atoms with Crippen LogP contribution in [0.4, 0.5) is 0 Å². The summed E-state index contributed by atoms with van der Waals surface area (Å²) in [4.78, 5) is 0. The lowest BCUT2D eigenvalue weighted by Gasteiger charge is -2.32. The normalized spacial score (nSPS) is 55.3. The van der Waals surface area contributed by atoms with E-state index in [2.05, 4.69) is 34.6 Å². The lowest BCUT2D eigenvalue weighted by atomic mass is 9.71. The first kappa shape index (κ1) is 16.1. The molecule has 2 saturated heterocycles. The first-order valence-corrected chi connectivity index (χ1v) is 9.38. The van der Waals surface area contributed by atoms with Gasteiger partial charge in [-0.2, -0.15) is 0 Å². The van der Waals surface area contributed by atoms with Crippen LogP contribution in [-0.4, -0.2) is 34.6 Å². The minimum Gasteiger partial charge on any atom is -0.389 e. The van der Waals surface area contributed by atoms with Crippen LogP contribution in [0.25, 0.3) is 0 Å². The van der Waals surface area contributed by atoms with Gasteiger partial charge in [0.1, 0.15) is 0 Å². The second-order valence-corrected chi connectivity index (χ2v) is 9.50. The highest BCUT2D eigenvalue weighted by molar-refractivity contribution is 5.28. The molecule has 2 aliphatic heterocycles. The molecule has 23 heavy (non-hydrogen) atoms. The third-order valence-corrected chi connectivity index (χ3v) is 7.37. The van der Waals surface area contributed by atoms with Gasteiger partial charge in [-0.15, -0.1) is 0 Å². The Bertz CT molecular complexity index is 551. The van der Waals surface area contributed by atoms with Gasteiger partial charge < -0.3 is 14.6 Å². The van der Waals surface area contributed by atoms with Crippen LogP contribution in [-0.2, 0) is 9.47 Å². The third kappa shape index (κ3) is 2.51. The molecular weight excluding hydrogens is 288 g/mol. The highest BCUT2D eigenvalue weighted by Crippen LogP contribution is 2.59. The van der Waals surface area contributed by atoms with Crippen molar-refractivity contribution in [3.63, 3.8) is 0 Å². The monoisotopic (exact) mass is 320 g/mol. The van der Waals surface area contributed by atoms with Crippen LogP contribution < -0.4 is 0 Å². The molecule has 2 aliphatic carbocycles.